The Kier molecular flexibility index (Phi) is 9.73. The van der Waals surface area contributed by atoms with Crippen LogP contribution in [-0.2, 0) is 14.3 Å². The van der Waals surface area contributed by atoms with Crippen molar-refractivity contribution >= 4 is 5.91 Å². The molecule has 1 N–H and O–H groups in total. The number of carbonyl (C=O) groups excluding carboxylic acids is 1. The fourth-order valence-electron chi connectivity index (χ4n) is 3.12. The van der Waals surface area contributed by atoms with Gasteiger partial charge < -0.3 is 14.8 Å². The normalized spacial score (nSPS) is 23.5. The topological polar surface area (TPSA) is 47.6 Å². The second kappa shape index (κ2) is 11.0. The zero-order valence-electron chi connectivity index (χ0n) is 14.9. The molecule has 1 rings (SSSR count). The maximum atomic E-state index is 12.1. The SMILES string of the molecule is CCC(C)C1CCC(C(=O)NCCOCCOC(C)C)CC1. The van der Waals surface area contributed by atoms with Crippen LogP contribution in [0.2, 0.25) is 0 Å². The first kappa shape index (κ1) is 19.4. The largest absolute Gasteiger partial charge is 0.377 e. The summed E-state index contributed by atoms with van der Waals surface area (Å²) in [7, 11) is 0. The van der Waals surface area contributed by atoms with Crippen molar-refractivity contribution in [3.8, 4) is 0 Å². The molecule has 1 aliphatic rings. The van der Waals surface area contributed by atoms with Gasteiger partial charge in [-0.15, -0.1) is 0 Å². The lowest BCUT2D eigenvalue weighted by Gasteiger charge is -2.31. The third kappa shape index (κ3) is 7.59. The van der Waals surface area contributed by atoms with Gasteiger partial charge in [0.2, 0.25) is 5.91 Å². The molecule has 4 nitrogen and oxygen atoms in total. The smallest absolute Gasteiger partial charge is 0.223 e. The van der Waals surface area contributed by atoms with Crippen LogP contribution in [0.4, 0.5) is 0 Å². The Bertz CT molecular complexity index is 299. The summed E-state index contributed by atoms with van der Waals surface area (Å²) in [5, 5.41) is 3.01. The van der Waals surface area contributed by atoms with Gasteiger partial charge >= 0.3 is 0 Å². The summed E-state index contributed by atoms with van der Waals surface area (Å²) in [4.78, 5) is 12.1. The minimum atomic E-state index is 0.213. The first-order valence-electron chi connectivity index (χ1n) is 9.01. The van der Waals surface area contributed by atoms with Gasteiger partial charge in [-0.05, 0) is 51.4 Å². The third-order valence-corrected chi connectivity index (χ3v) is 4.82. The molecule has 4 heteroatoms. The van der Waals surface area contributed by atoms with Crippen LogP contribution in [0, 0.1) is 17.8 Å². The molecule has 1 atom stereocenters. The molecule has 1 saturated carbocycles. The molecular weight excluding hydrogens is 278 g/mol. The van der Waals surface area contributed by atoms with Crippen LogP contribution >= 0.6 is 0 Å². The Balaban J connectivity index is 2.04. The lowest BCUT2D eigenvalue weighted by atomic mass is 9.75. The highest BCUT2D eigenvalue weighted by molar-refractivity contribution is 5.78. The first-order chi connectivity index (χ1) is 10.5. The molecule has 22 heavy (non-hydrogen) atoms. The molecule has 1 unspecified atom stereocenters. The molecule has 0 spiro atoms. The summed E-state index contributed by atoms with van der Waals surface area (Å²) in [5.74, 6) is 2.04. The number of carbonyl (C=O) groups is 1. The Labute approximate surface area is 136 Å². The Morgan fingerprint density at radius 2 is 1.77 bits per heavy atom. The van der Waals surface area contributed by atoms with E-state index in [1.165, 1.54) is 19.3 Å². The van der Waals surface area contributed by atoms with Crippen LogP contribution in [0.1, 0.15) is 59.8 Å². The highest BCUT2D eigenvalue weighted by atomic mass is 16.5. The molecule has 0 heterocycles. The van der Waals surface area contributed by atoms with Crippen molar-refractivity contribution in [3.63, 3.8) is 0 Å². The molecule has 0 aromatic carbocycles. The molecular formula is C18H35NO3. The number of rotatable bonds is 10. The Morgan fingerprint density at radius 1 is 1.09 bits per heavy atom. The molecule has 1 fully saturated rings. The van der Waals surface area contributed by atoms with Crippen LogP contribution < -0.4 is 5.32 Å². The summed E-state index contributed by atoms with van der Waals surface area (Å²) in [6.45, 7) is 11.0. The third-order valence-electron chi connectivity index (χ3n) is 4.82. The molecule has 0 radical (unpaired) electrons. The van der Waals surface area contributed by atoms with E-state index in [1.54, 1.807) is 0 Å². The highest BCUT2D eigenvalue weighted by Gasteiger charge is 2.28. The fourth-order valence-corrected chi connectivity index (χ4v) is 3.12. The van der Waals surface area contributed by atoms with Crippen molar-refractivity contribution in [3.05, 3.63) is 0 Å². The predicted molar refractivity (Wildman–Crippen MR) is 89.8 cm³/mol. The predicted octanol–water partition coefficient (Wildman–Crippen LogP) is 3.40. The summed E-state index contributed by atoms with van der Waals surface area (Å²) in [6, 6.07) is 0. The zero-order valence-corrected chi connectivity index (χ0v) is 14.9. The average Bonchev–Trinajstić information content (AvgIpc) is 2.52. The minimum absolute atomic E-state index is 0.213. The van der Waals surface area contributed by atoms with Gasteiger partial charge in [-0.25, -0.2) is 0 Å². The fraction of sp³-hybridized carbons (Fsp3) is 0.944. The van der Waals surface area contributed by atoms with Gasteiger partial charge in [0, 0.05) is 12.5 Å². The molecule has 1 aliphatic carbocycles. The van der Waals surface area contributed by atoms with Crippen molar-refractivity contribution in [1.29, 1.82) is 0 Å². The maximum absolute atomic E-state index is 12.1. The zero-order chi connectivity index (χ0) is 16.4. The number of hydrogen-bond donors (Lipinski definition) is 1. The molecule has 0 aromatic rings. The lowest BCUT2D eigenvalue weighted by Crippen LogP contribution is -2.35. The van der Waals surface area contributed by atoms with Crippen LogP contribution in [0.3, 0.4) is 0 Å². The Morgan fingerprint density at radius 3 is 2.36 bits per heavy atom. The quantitative estimate of drug-likeness (QED) is 0.629. The number of nitrogens with one attached hydrogen (secondary N) is 1. The van der Waals surface area contributed by atoms with E-state index in [1.807, 2.05) is 13.8 Å². The summed E-state index contributed by atoms with van der Waals surface area (Å²) in [6.07, 6.45) is 5.99. The van der Waals surface area contributed by atoms with Gasteiger partial charge in [0.15, 0.2) is 0 Å². The second-order valence-electron chi connectivity index (χ2n) is 6.82. The van der Waals surface area contributed by atoms with Crippen LogP contribution in [0.25, 0.3) is 0 Å². The van der Waals surface area contributed by atoms with E-state index in [0.717, 1.165) is 24.7 Å². The summed E-state index contributed by atoms with van der Waals surface area (Å²) in [5.41, 5.74) is 0. The Hall–Kier alpha value is -0.610. The minimum Gasteiger partial charge on any atom is -0.377 e. The second-order valence-corrected chi connectivity index (χ2v) is 6.82. The number of hydrogen-bond acceptors (Lipinski definition) is 3. The van der Waals surface area contributed by atoms with Crippen LogP contribution in [0.15, 0.2) is 0 Å². The molecule has 130 valence electrons. The monoisotopic (exact) mass is 313 g/mol. The van der Waals surface area contributed by atoms with Gasteiger partial charge in [-0.3, -0.25) is 4.79 Å². The van der Waals surface area contributed by atoms with Crippen LogP contribution in [0.5, 0.6) is 0 Å². The van der Waals surface area contributed by atoms with Gasteiger partial charge in [-0.1, -0.05) is 20.3 Å². The van der Waals surface area contributed by atoms with E-state index in [0.29, 0.717) is 26.4 Å². The molecule has 0 aromatic heterocycles. The van der Waals surface area contributed by atoms with Crippen molar-refractivity contribution in [2.45, 2.75) is 65.9 Å². The molecule has 0 aliphatic heterocycles. The van der Waals surface area contributed by atoms with Crippen molar-refractivity contribution < 1.29 is 14.3 Å². The number of amides is 1. The maximum Gasteiger partial charge on any atom is 0.223 e. The van der Waals surface area contributed by atoms with E-state index in [-0.39, 0.29) is 17.9 Å². The summed E-state index contributed by atoms with van der Waals surface area (Å²) < 4.78 is 10.8. The van der Waals surface area contributed by atoms with E-state index >= 15 is 0 Å². The average molecular weight is 313 g/mol. The molecule has 0 saturated heterocycles. The van der Waals surface area contributed by atoms with E-state index in [2.05, 4.69) is 19.2 Å². The van der Waals surface area contributed by atoms with Crippen molar-refractivity contribution in [2.75, 3.05) is 26.4 Å². The highest BCUT2D eigenvalue weighted by Crippen LogP contribution is 2.34. The first-order valence-corrected chi connectivity index (χ1v) is 9.01. The molecule has 0 bridgehead atoms. The standard InChI is InChI=1S/C18H35NO3/c1-5-15(4)16-6-8-17(9-7-16)18(20)19-10-11-21-12-13-22-14(2)3/h14-17H,5-13H2,1-4H3,(H,19,20). The summed E-state index contributed by atoms with van der Waals surface area (Å²) >= 11 is 0. The number of ether oxygens (including phenoxy) is 2. The van der Waals surface area contributed by atoms with Crippen molar-refractivity contribution in [1.82, 2.24) is 5.32 Å². The van der Waals surface area contributed by atoms with Gasteiger partial charge in [-0.2, -0.15) is 0 Å². The lowest BCUT2D eigenvalue weighted by molar-refractivity contribution is -0.126. The van der Waals surface area contributed by atoms with Crippen LogP contribution in [-0.4, -0.2) is 38.4 Å². The van der Waals surface area contributed by atoms with E-state index < -0.39 is 0 Å². The van der Waals surface area contributed by atoms with Crippen molar-refractivity contribution in [2.24, 2.45) is 17.8 Å². The van der Waals surface area contributed by atoms with Gasteiger partial charge in [0.25, 0.3) is 0 Å². The van der Waals surface area contributed by atoms with Gasteiger partial charge in [0.05, 0.1) is 25.9 Å². The van der Waals surface area contributed by atoms with E-state index in [4.69, 9.17) is 9.47 Å². The van der Waals surface area contributed by atoms with E-state index in [9.17, 15) is 4.79 Å². The molecule has 1 amide bonds. The van der Waals surface area contributed by atoms with Gasteiger partial charge in [0.1, 0.15) is 0 Å².